The highest BCUT2D eigenvalue weighted by molar-refractivity contribution is 8.24. The van der Waals surface area contributed by atoms with Crippen LogP contribution in [0.15, 0.2) is 70.0 Å². The number of amides is 1. The molecule has 3 aromatic rings. The second-order valence-electron chi connectivity index (χ2n) is 5.96. The highest BCUT2D eigenvalue weighted by atomic mass is 35.5. The van der Waals surface area contributed by atoms with Crippen LogP contribution in [-0.4, -0.2) is 22.9 Å². The maximum absolute atomic E-state index is 13.0. The minimum Gasteiger partial charge on any atom is -0.457 e. The molecule has 29 heavy (non-hydrogen) atoms. The number of rotatable bonds is 7. The van der Waals surface area contributed by atoms with E-state index in [0.29, 0.717) is 32.8 Å². The van der Waals surface area contributed by atoms with Gasteiger partial charge in [0, 0.05) is 34.1 Å². The van der Waals surface area contributed by atoms with Crippen LogP contribution in [0.1, 0.15) is 5.76 Å². The monoisotopic (exact) mass is 444 g/mol. The van der Waals surface area contributed by atoms with Gasteiger partial charge < -0.3 is 9.32 Å². The molecule has 0 saturated heterocycles. The summed E-state index contributed by atoms with van der Waals surface area (Å²) in [5.74, 6) is 0.882. The van der Waals surface area contributed by atoms with E-state index >= 15 is 0 Å². The van der Waals surface area contributed by atoms with Crippen molar-refractivity contribution >= 4 is 63.6 Å². The molecule has 5 nitrogen and oxygen atoms in total. The lowest BCUT2D eigenvalue weighted by atomic mass is 10.1. The fourth-order valence-electron chi connectivity index (χ4n) is 2.62. The lowest BCUT2D eigenvalue weighted by Gasteiger charge is -2.18. The van der Waals surface area contributed by atoms with Gasteiger partial charge in [-0.2, -0.15) is 0 Å². The third-order valence-electron chi connectivity index (χ3n) is 4.06. The Bertz CT molecular complexity index is 1070. The molecule has 0 aliphatic rings. The molecular weight excluding hydrogens is 428 g/mol. The molecule has 0 aliphatic heterocycles. The average molecular weight is 445 g/mol. The van der Waals surface area contributed by atoms with Crippen LogP contribution < -0.4 is 10.4 Å². The minimum absolute atomic E-state index is 0.234. The second kappa shape index (κ2) is 9.76. The quantitative estimate of drug-likeness (QED) is 0.261. The van der Waals surface area contributed by atoms with Crippen molar-refractivity contribution in [1.82, 2.24) is 0 Å². The third-order valence-corrected chi connectivity index (χ3v) is 5.23. The van der Waals surface area contributed by atoms with Crippen molar-refractivity contribution < 1.29 is 14.4 Å². The van der Waals surface area contributed by atoms with Crippen LogP contribution in [-0.2, 0) is 4.79 Å². The van der Waals surface area contributed by atoms with E-state index < -0.39 is 0 Å². The Balaban J connectivity index is 1.88. The Hall–Kier alpha value is -2.58. The number of furan rings is 1. The maximum Gasteiger partial charge on any atom is 0.264 e. The number of thioether (sulfide) groups is 1. The summed E-state index contributed by atoms with van der Waals surface area (Å²) in [6.07, 6.45) is 1.65. The molecule has 3 rings (SSSR count). The predicted molar refractivity (Wildman–Crippen MR) is 124 cm³/mol. The number of hydrogen-bond donors (Lipinski definition) is 2. The number of thiocarbonyl (C=S) groups is 1. The molecule has 0 radical (unpaired) electrons. The Labute approximate surface area is 182 Å². The zero-order valence-electron chi connectivity index (χ0n) is 15.3. The van der Waals surface area contributed by atoms with Crippen molar-refractivity contribution in [3.05, 3.63) is 76.4 Å². The Morgan fingerprint density at radius 1 is 1.21 bits per heavy atom. The van der Waals surface area contributed by atoms with Gasteiger partial charge in [-0.05, 0) is 42.5 Å². The molecule has 1 aromatic heterocycles. The molecule has 1 heterocycles. The van der Waals surface area contributed by atoms with Crippen molar-refractivity contribution in [3.63, 3.8) is 0 Å². The molecule has 0 bridgehead atoms. The lowest BCUT2D eigenvalue weighted by Crippen LogP contribution is -2.26. The Kier molecular flexibility index (Phi) is 7.11. The van der Waals surface area contributed by atoms with E-state index in [4.69, 9.17) is 33.4 Å². The van der Waals surface area contributed by atoms with Crippen molar-refractivity contribution in [2.45, 2.75) is 0 Å². The highest BCUT2D eigenvalue weighted by Gasteiger charge is 2.18. The summed E-state index contributed by atoms with van der Waals surface area (Å²) in [5.41, 5.74) is 4.12. The topological polar surface area (TPSA) is 65.7 Å². The number of halogens is 1. The van der Waals surface area contributed by atoms with E-state index in [1.807, 2.05) is 6.07 Å². The van der Waals surface area contributed by atoms with Gasteiger partial charge in [0.2, 0.25) is 0 Å². The number of carbonyl (C=O) groups is 1. The van der Waals surface area contributed by atoms with E-state index in [9.17, 15) is 4.79 Å². The summed E-state index contributed by atoms with van der Waals surface area (Å²) in [6, 6.07) is 17.7. The summed E-state index contributed by atoms with van der Waals surface area (Å²) < 4.78 is 7.29. The summed E-state index contributed by atoms with van der Waals surface area (Å²) in [4.78, 5) is 14.9. The Morgan fingerprint density at radius 2 is 2.00 bits per heavy atom. The van der Waals surface area contributed by atoms with Gasteiger partial charge in [-0.25, -0.2) is 0 Å². The van der Waals surface area contributed by atoms with Crippen molar-refractivity contribution in [2.75, 3.05) is 17.4 Å². The average Bonchev–Trinajstić information content (AvgIpc) is 3.21. The zero-order valence-corrected chi connectivity index (χ0v) is 17.7. The van der Waals surface area contributed by atoms with Crippen LogP contribution in [0.2, 0.25) is 5.02 Å². The Morgan fingerprint density at radius 3 is 2.72 bits per heavy atom. The summed E-state index contributed by atoms with van der Waals surface area (Å²) >= 11 is 12.1. The number of carbonyl (C=O) groups excluding carboxylic acids is 1. The van der Waals surface area contributed by atoms with Gasteiger partial charge in [-0.1, -0.05) is 53.8 Å². The first-order valence-corrected chi connectivity index (χ1v) is 10.2. The molecule has 0 spiro atoms. The van der Waals surface area contributed by atoms with Gasteiger partial charge >= 0.3 is 0 Å². The fourth-order valence-corrected chi connectivity index (χ4v) is 3.64. The molecule has 0 atom stereocenters. The molecule has 1 amide bonds. The van der Waals surface area contributed by atoms with Crippen LogP contribution in [0.5, 0.6) is 0 Å². The largest absolute Gasteiger partial charge is 0.457 e. The molecule has 0 saturated carbocycles. The van der Waals surface area contributed by atoms with Crippen molar-refractivity contribution in [3.8, 4) is 11.3 Å². The number of benzene rings is 2. The van der Waals surface area contributed by atoms with Gasteiger partial charge in [0.25, 0.3) is 5.91 Å². The van der Waals surface area contributed by atoms with Gasteiger partial charge in [-0.15, -0.1) is 0 Å². The van der Waals surface area contributed by atoms with E-state index in [1.165, 1.54) is 9.60 Å². The maximum atomic E-state index is 13.0. The summed E-state index contributed by atoms with van der Waals surface area (Å²) in [7, 11) is 1.67. The van der Waals surface area contributed by atoms with Crippen LogP contribution >= 0.6 is 35.6 Å². The van der Waals surface area contributed by atoms with E-state index in [-0.39, 0.29) is 5.91 Å². The summed E-state index contributed by atoms with van der Waals surface area (Å²) in [5, 5.41) is 9.61. The molecular formula is C21H17ClN2O3S2. The van der Waals surface area contributed by atoms with E-state index in [0.717, 1.165) is 17.3 Å². The van der Waals surface area contributed by atoms with E-state index in [1.54, 1.807) is 67.7 Å². The number of hydrogen-bond acceptors (Lipinski definition) is 6. The standard InChI is InChI=1S/C21H17ClN2O3S2/c1-24(17-7-3-5-15(22)11-17)21(25)20(29-13-28)12-18-8-9-19(27-18)14-4-2-6-16(10-14)23-26/h2-13,23,26H,1H3/b20-12+. The molecule has 0 fully saturated rings. The third kappa shape index (κ3) is 5.27. The van der Waals surface area contributed by atoms with Crippen LogP contribution in [0.25, 0.3) is 17.4 Å². The fraction of sp³-hybridized carbons (Fsp3) is 0.0476. The minimum atomic E-state index is -0.234. The first kappa shape index (κ1) is 21.1. The number of anilines is 2. The lowest BCUT2D eigenvalue weighted by molar-refractivity contribution is -0.114. The molecule has 0 unspecified atom stereocenters. The first-order valence-electron chi connectivity index (χ1n) is 8.48. The molecule has 148 valence electrons. The van der Waals surface area contributed by atoms with Crippen molar-refractivity contribution in [1.29, 1.82) is 0 Å². The van der Waals surface area contributed by atoms with E-state index in [2.05, 4.69) is 5.48 Å². The van der Waals surface area contributed by atoms with Crippen molar-refractivity contribution in [2.24, 2.45) is 0 Å². The molecule has 2 N–H and O–H groups in total. The van der Waals surface area contributed by atoms with Crippen LogP contribution in [0.3, 0.4) is 0 Å². The van der Waals surface area contributed by atoms with Crippen LogP contribution in [0, 0.1) is 0 Å². The highest BCUT2D eigenvalue weighted by Crippen LogP contribution is 2.28. The van der Waals surface area contributed by atoms with Gasteiger partial charge in [0.15, 0.2) is 0 Å². The number of likely N-dealkylation sites (N-methyl/N-ethyl adjacent to an activating group) is 1. The summed E-state index contributed by atoms with van der Waals surface area (Å²) in [6.45, 7) is 0. The first-order chi connectivity index (χ1) is 14.0. The zero-order chi connectivity index (χ0) is 20.8. The molecule has 8 heteroatoms. The molecule has 0 aliphatic carbocycles. The van der Waals surface area contributed by atoms with Gasteiger partial charge in [-0.3, -0.25) is 15.5 Å². The normalized spacial score (nSPS) is 11.2. The van der Waals surface area contributed by atoms with Gasteiger partial charge in [0.05, 0.1) is 10.6 Å². The smallest absolute Gasteiger partial charge is 0.264 e. The molecule has 2 aromatic carbocycles. The SMILES string of the molecule is CN(C(=O)/C(=C\c1ccc(-c2cccc(NO)c2)o1)SC=S)c1cccc(Cl)c1. The number of nitrogens with zero attached hydrogens (tertiary/aromatic N) is 1. The van der Waals surface area contributed by atoms with Gasteiger partial charge in [0.1, 0.15) is 11.5 Å². The number of nitrogens with one attached hydrogen (secondary N) is 1. The van der Waals surface area contributed by atoms with Crippen LogP contribution in [0.4, 0.5) is 11.4 Å². The second-order valence-corrected chi connectivity index (χ2v) is 7.84. The predicted octanol–water partition coefficient (Wildman–Crippen LogP) is 6.10.